The molecule has 0 spiro atoms. The van der Waals surface area contributed by atoms with Gasteiger partial charge >= 0.3 is 12.2 Å². The van der Waals surface area contributed by atoms with E-state index in [0.717, 1.165) is 31.0 Å². The molecule has 2 aliphatic carbocycles. The van der Waals surface area contributed by atoms with Crippen LogP contribution >= 0.6 is 0 Å². The standard InChI is InChI=1S/C20H18F3N3O2/c21-20(22,23)13-6-3-5-12(10-13)18(27)25-26-19(28)24-17-15-9-8-11-4-1-2-7-14(11)16(15)17/h1-7,10,15-17H,8-9H2,(H,25,27)(H2,24,26,28). The Bertz CT molecular complexity index is 929. The van der Waals surface area contributed by atoms with Crippen LogP contribution in [0.5, 0.6) is 0 Å². The molecule has 0 aromatic heterocycles. The molecule has 2 aromatic rings. The third kappa shape index (κ3) is 3.54. The van der Waals surface area contributed by atoms with Gasteiger partial charge in [0.1, 0.15) is 0 Å². The third-order valence-electron chi connectivity index (χ3n) is 5.37. The van der Waals surface area contributed by atoms with Crippen LogP contribution in [-0.4, -0.2) is 18.0 Å². The fraction of sp³-hybridized carbons (Fsp3) is 0.300. The van der Waals surface area contributed by atoms with Crippen molar-refractivity contribution < 1.29 is 22.8 Å². The Morgan fingerprint density at radius 3 is 2.57 bits per heavy atom. The van der Waals surface area contributed by atoms with E-state index in [4.69, 9.17) is 0 Å². The molecule has 0 saturated heterocycles. The highest BCUT2D eigenvalue weighted by atomic mass is 19.4. The van der Waals surface area contributed by atoms with Crippen LogP contribution in [0.4, 0.5) is 18.0 Å². The molecule has 0 heterocycles. The van der Waals surface area contributed by atoms with Crippen molar-refractivity contribution in [1.82, 2.24) is 16.2 Å². The predicted molar refractivity (Wildman–Crippen MR) is 95.4 cm³/mol. The first-order valence-corrected chi connectivity index (χ1v) is 8.96. The van der Waals surface area contributed by atoms with E-state index in [9.17, 15) is 22.8 Å². The second-order valence-electron chi connectivity index (χ2n) is 7.08. The fourth-order valence-corrected chi connectivity index (χ4v) is 3.97. The third-order valence-corrected chi connectivity index (χ3v) is 5.37. The minimum absolute atomic E-state index is 0.00545. The summed E-state index contributed by atoms with van der Waals surface area (Å²) in [6, 6.07) is 11.6. The van der Waals surface area contributed by atoms with Crippen molar-refractivity contribution in [1.29, 1.82) is 0 Å². The summed E-state index contributed by atoms with van der Waals surface area (Å²) in [5.74, 6) is -0.172. The van der Waals surface area contributed by atoms with Crippen LogP contribution in [0.15, 0.2) is 48.5 Å². The number of halogens is 3. The number of hydrazine groups is 1. The number of hydrogen-bond acceptors (Lipinski definition) is 2. The molecule has 1 saturated carbocycles. The number of benzene rings is 2. The van der Waals surface area contributed by atoms with Gasteiger partial charge < -0.3 is 5.32 Å². The monoisotopic (exact) mass is 389 g/mol. The van der Waals surface area contributed by atoms with Gasteiger partial charge in [-0.05, 0) is 48.1 Å². The zero-order valence-electron chi connectivity index (χ0n) is 14.7. The molecule has 2 aromatic carbocycles. The van der Waals surface area contributed by atoms with Crippen molar-refractivity contribution >= 4 is 11.9 Å². The lowest BCUT2D eigenvalue weighted by Crippen LogP contribution is -2.48. The SMILES string of the molecule is O=C(NNC(=O)c1cccc(C(F)(F)F)c1)NC1C2CCc3ccccc3C21. The highest BCUT2D eigenvalue weighted by molar-refractivity contribution is 5.95. The average Bonchev–Trinajstić information content (AvgIpc) is 3.38. The normalized spacial score (nSPS) is 22.5. The molecule has 8 heteroatoms. The van der Waals surface area contributed by atoms with Crippen molar-refractivity contribution in [3.63, 3.8) is 0 Å². The Hall–Kier alpha value is -3.03. The molecule has 3 unspecified atom stereocenters. The lowest BCUT2D eigenvalue weighted by Gasteiger charge is -2.13. The summed E-state index contributed by atoms with van der Waals surface area (Å²) in [5.41, 5.74) is 5.78. The second kappa shape index (κ2) is 6.85. The largest absolute Gasteiger partial charge is 0.416 e. The number of rotatable bonds is 2. The molecule has 4 rings (SSSR count). The minimum atomic E-state index is -4.54. The quantitative estimate of drug-likeness (QED) is 0.690. The Morgan fingerprint density at radius 1 is 1.00 bits per heavy atom. The number of amides is 3. The Labute approximate surface area is 159 Å². The predicted octanol–water partition coefficient (Wildman–Crippen LogP) is 3.38. The smallest absolute Gasteiger partial charge is 0.333 e. The molecule has 1 fully saturated rings. The summed E-state index contributed by atoms with van der Waals surface area (Å²) in [7, 11) is 0. The van der Waals surface area contributed by atoms with E-state index in [-0.39, 0.29) is 17.5 Å². The van der Waals surface area contributed by atoms with Crippen molar-refractivity contribution in [2.45, 2.75) is 31.0 Å². The van der Waals surface area contributed by atoms with E-state index in [1.807, 2.05) is 12.1 Å². The number of hydrogen-bond donors (Lipinski definition) is 3. The Balaban J connectivity index is 1.32. The minimum Gasteiger partial charge on any atom is -0.333 e. The van der Waals surface area contributed by atoms with Gasteiger partial charge in [-0.2, -0.15) is 13.2 Å². The first kappa shape index (κ1) is 18.3. The van der Waals surface area contributed by atoms with Crippen LogP contribution in [0.3, 0.4) is 0 Å². The number of nitrogens with one attached hydrogen (secondary N) is 3. The second-order valence-corrected chi connectivity index (χ2v) is 7.08. The van der Waals surface area contributed by atoms with Gasteiger partial charge in [-0.15, -0.1) is 0 Å². The summed E-state index contributed by atoms with van der Waals surface area (Å²) in [4.78, 5) is 24.1. The number of urea groups is 1. The van der Waals surface area contributed by atoms with E-state index >= 15 is 0 Å². The molecule has 146 valence electrons. The van der Waals surface area contributed by atoms with Gasteiger partial charge in [0.2, 0.25) is 0 Å². The Kier molecular flexibility index (Phi) is 4.49. The van der Waals surface area contributed by atoms with Crippen LogP contribution in [0.1, 0.15) is 39.4 Å². The van der Waals surface area contributed by atoms with Crippen LogP contribution in [0, 0.1) is 5.92 Å². The van der Waals surface area contributed by atoms with Crippen LogP contribution < -0.4 is 16.2 Å². The number of alkyl halides is 3. The molecule has 0 bridgehead atoms. The van der Waals surface area contributed by atoms with Crippen molar-refractivity contribution in [2.24, 2.45) is 5.92 Å². The van der Waals surface area contributed by atoms with Gasteiger partial charge in [0.25, 0.3) is 5.91 Å². The summed E-state index contributed by atoms with van der Waals surface area (Å²) in [6.07, 6.45) is -2.58. The summed E-state index contributed by atoms with van der Waals surface area (Å²) in [5, 5.41) is 2.83. The van der Waals surface area contributed by atoms with E-state index in [0.29, 0.717) is 5.92 Å². The Morgan fingerprint density at radius 2 is 1.79 bits per heavy atom. The molecule has 0 aliphatic heterocycles. The molecule has 5 nitrogen and oxygen atoms in total. The van der Waals surface area contributed by atoms with Gasteiger partial charge in [0.15, 0.2) is 0 Å². The first-order valence-electron chi connectivity index (χ1n) is 8.96. The average molecular weight is 389 g/mol. The van der Waals surface area contributed by atoms with Gasteiger partial charge in [-0.3, -0.25) is 10.2 Å². The highest BCUT2D eigenvalue weighted by Gasteiger charge is 2.53. The first-order chi connectivity index (χ1) is 13.3. The molecule has 28 heavy (non-hydrogen) atoms. The van der Waals surface area contributed by atoms with Crippen molar-refractivity contribution in [2.75, 3.05) is 0 Å². The molecule has 2 aliphatic rings. The zero-order valence-corrected chi connectivity index (χ0v) is 14.7. The van der Waals surface area contributed by atoms with E-state index < -0.39 is 23.7 Å². The molecular weight excluding hydrogens is 371 g/mol. The van der Waals surface area contributed by atoms with E-state index in [1.165, 1.54) is 17.2 Å². The van der Waals surface area contributed by atoms with E-state index in [2.05, 4.69) is 28.3 Å². The summed E-state index contributed by atoms with van der Waals surface area (Å²) in [6.45, 7) is 0. The molecule has 3 atom stereocenters. The lowest BCUT2D eigenvalue weighted by molar-refractivity contribution is -0.137. The van der Waals surface area contributed by atoms with Gasteiger partial charge in [-0.25, -0.2) is 10.2 Å². The maximum atomic E-state index is 12.7. The number of carbonyl (C=O) groups excluding carboxylic acids is 2. The topological polar surface area (TPSA) is 70.2 Å². The molecule has 0 radical (unpaired) electrons. The van der Waals surface area contributed by atoms with Crippen LogP contribution in [0.25, 0.3) is 0 Å². The molecule has 3 N–H and O–H groups in total. The fourth-order valence-electron chi connectivity index (χ4n) is 3.97. The number of carbonyl (C=O) groups is 2. The van der Waals surface area contributed by atoms with Crippen molar-refractivity contribution in [3.05, 3.63) is 70.8 Å². The van der Waals surface area contributed by atoms with Crippen LogP contribution in [0.2, 0.25) is 0 Å². The zero-order chi connectivity index (χ0) is 19.9. The molecule has 3 amide bonds. The van der Waals surface area contributed by atoms with Gasteiger partial charge in [-0.1, -0.05) is 30.3 Å². The summed E-state index contributed by atoms with van der Waals surface area (Å²) >= 11 is 0. The maximum absolute atomic E-state index is 12.7. The summed E-state index contributed by atoms with van der Waals surface area (Å²) < 4.78 is 38.2. The van der Waals surface area contributed by atoms with Gasteiger partial charge in [0, 0.05) is 17.5 Å². The number of fused-ring (bicyclic) bond motifs is 3. The van der Waals surface area contributed by atoms with Crippen LogP contribution in [-0.2, 0) is 12.6 Å². The highest BCUT2D eigenvalue weighted by Crippen LogP contribution is 2.54. The van der Waals surface area contributed by atoms with Crippen molar-refractivity contribution in [3.8, 4) is 0 Å². The van der Waals surface area contributed by atoms with Gasteiger partial charge in [0.05, 0.1) is 5.56 Å². The van der Waals surface area contributed by atoms with E-state index in [1.54, 1.807) is 0 Å². The maximum Gasteiger partial charge on any atom is 0.416 e. The molecular formula is C20H18F3N3O2. The number of aryl methyl sites for hydroxylation is 1. The lowest BCUT2D eigenvalue weighted by atomic mass is 9.92.